The van der Waals surface area contributed by atoms with Crippen molar-refractivity contribution in [1.29, 1.82) is 0 Å². The van der Waals surface area contributed by atoms with E-state index in [9.17, 15) is 0 Å². The predicted molar refractivity (Wildman–Crippen MR) is 154 cm³/mol. The highest BCUT2D eigenvalue weighted by Crippen LogP contribution is 2.41. The van der Waals surface area contributed by atoms with Gasteiger partial charge < -0.3 is 0 Å². The molecule has 0 fully saturated rings. The van der Waals surface area contributed by atoms with Gasteiger partial charge in [-0.2, -0.15) is 0 Å². The van der Waals surface area contributed by atoms with Crippen LogP contribution in [0.15, 0.2) is 79.0 Å². The second-order valence-corrected chi connectivity index (χ2v) is 17.3. The quantitative estimate of drug-likeness (QED) is 0.233. The van der Waals surface area contributed by atoms with Crippen molar-refractivity contribution in [2.24, 2.45) is 5.41 Å². The third-order valence-corrected chi connectivity index (χ3v) is 9.41. The first-order chi connectivity index (χ1) is 16.9. The first-order valence-electron chi connectivity index (χ1n) is 12.9. The van der Waals surface area contributed by atoms with Crippen molar-refractivity contribution in [3.63, 3.8) is 0 Å². The van der Waals surface area contributed by atoms with E-state index in [1.807, 2.05) is 26.8 Å². The molecule has 0 aliphatic rings. The first-order valence-corrected chi connectivity index (χ1v) is 16.2. The number of nitrogens with zero attached hydrogens (tertiary/aromatic N) is 1. The van der Waals surface area contributed by atoms with Crippen molar-refractivity contribution >= 4 is 44.8 Å². The lowest BCUT2D eigenvalue weighted by Crippen LogP contribution is -2.37. The molecule has 0 spiro atoms. The molecule has 3 aromatic carbocycles. The van der Waals surface area contributed by atoms with Gasteiger partial charge in [0.25, 0.3) is 0 Å². The van der Waals surface area contributed by atoms with Crippen molar-refractivity contribution in [3.05, 3.63) is 84.6 Å². The molecule has 3 heteroatoms. The normalized spacial score (nSPS) is 13.8. The second-order valence-electron chi connectivity index (χ2n) is 11.1. The van der Waals surface area contributed by atoms with E-state index in [0.29, 0.717) is 5.56 Å². The molecule has 0 aliphatic heterocycles. The van der Waals surface area contributed by atoms with Gasteiger partial charge in [-0.3, -0.25) is 4.98 Å². The highest BCUT2D eigenvalue weighted by molar-refractivity contribution is 7.26. The molecule has 0 atom stereocenters. The van der Waals surface area contributed by atoms with Crippen LogP contribution in [-0.4, -0.2) is 13.1 Å². The number of hydrogen-bond acceptors (Lipinski definition) is 2. The summed E-state index contributed by atoms with van der Waals surface area (Å²) in [6.45, 7) is 13.0. The summed E-state index contributed by atoms with van der Waals surface area (Å²) >= 11 is 1.79. The topological polar surface area (TPSA) is 12.9 Å². The number of benzene rings is 3. The van der Waals surface area contributed by atoms with Gasteiger partial charge in [-0.05, 0) is 46.7 Å². The van der Waals surface area contributed by atoms with Crippen LogP contribution < -0.4 is 5.19 Å². The molecule has 172 valence electrons. The maximum atomic E-state index is 8.72. The number of aromatic nitrogens is 1. The minimum atomic E-state index is -1.46. The molecule has 0 saturated carbocycles. The summed E-state index contributed by atoms with van der Waals surface area (Å²) in [6.07, 6.45) is 0.279. The minimum absolute atomic E-state index is 0.515. The zero-order valence-corrected chi connectivity index (χ0v) is 22.7. The molecule has 0 N–H and O–H groups in total. The van der Waals surface area contributed by atoms with Gasteiger partial charge in [0.05, 0.1) is 13.8 Å². The Kier molecular flexibility index (Phi) is 5.14. The number of pyridine rings is 1. The summed E-state index contributed by atoms with van der Waals surface area (Å²) in [7, 11) is -1.32. The van der Waals surface area contributed by atoms with E-state index in [2.05, 4.69) is 85.3 Å². The van der Waals surface area contributed by atoms with Crippen molar-refractivity contribution in [2.45, 2.75) is 46.8 Å². The summed E-state index contributed by atoms with van der Waals surface area (Å²) < 4.78 is 19.9. The number of rotatable bonds is 4. The highest BCUT2D eigenvalue weighted by Gasteiger charge is 2.17. The molecule has 5 rings (SSSR count). The van der Waals surface area contributed by atoms with E-state index in [-0.39, 0.29) is 0 Å². The largest absolute Gasteiger partial charge is 0.256 e. The van der Waals surface area contributed by atoms with Crippen LogP contribution in [0.5, 0.6) is 0 Å². The van der Waals surface area contributed by atoms with Crippen LogP contribution in [0.3, 0.4) is 0 Å². The van der Waals surface area contributed by atoms with E-state index in [1.54, 1.807) is 23.6 Å². The van der Waals surface area contributed by atoms with Crippen LogP contribution in [0.1, 0.15) is 29.1 Å². The van der Waals surface area contributed by atoms with E-state index in [4.69, 9.17) is 2.74 Å². The molecule has 1 nitrogen and oxygen atoms in total. The molecule has 0 radical (unpaired) electrons. The predicted octanol–water partition coefficient (Wildman–Crippen LogP) is 8.92. The molecule has 2 aromatic heterocycles. The van der Waals surface area contributed by atoms with Crippen molar-refractivity contribution in [2.75, 3.05) is 0 Å². The zero-order valence-electron chi connectivity index (χ0n) is 22.9. The molecule has 2 heterocycles. The van der Waals surface area contributed by atoms with E-state index in [1.165, 1.54) is 36.5 Å². The summed E-state index contributed by atoms with van der Waals surface area (Å²) in [6, 6.07) is 26.0. The molecule has 0 unspecified atom stereocenters. The van der Waals surface area contributed by atoms with E-state index < -0.39 is 19.9 Å². The van der Waals surface area contributed by atoms with Crippen LogP contribution in [0.4, 0.5) is 0 Å². The molecule has 0 saturated heterocycles. The maximum Gasteiger partial charge on any atom is 0.0775 e. The molecule has 5 aromatic rings. The fourth-order valence-corrected chi connectivity index (χ4v) is 6.86. The number of hydrogen-bond donors (Lipinski definition) is 0. The first kappa shape index (κ1) is 20.6. The molecule has 34 heavy (non-hydrogen) atoms. The van der Waals surface area contributed by atoms with Crippen molar-refractivity contribution < 1.29 is 2.74 Å². The van der Waals surface area contributed by atoms with Crippen LogP contribution in [0, 0.1) is 5.41 Å². The lowest BCUT2D eigenvalue weighted by Gasteiger charge is -2.18. The second kappa shape index (κ2) is 8.48. The SMILES string of the molecule is [2H]C([2H])(c1ccnc(-c2cccc3c2sc2cc(-c4ccc([Si](C)(C)C)cc4)ccc23)c1)C(C)(C)C. The Morgan fingerprint density at radius 2 is 1.59 bits per heavy atom. The van der Waals surface area contributed by atoms with Gasteiger partial charge in [-0.15, -0.1) is 11.3 Å². The monoisotopic (exact) mass is 481 g/mol. The van der Waals surface area contributed by atoms with Crippen molar-refractivity contribution in [3.8, 4) is 22.4 Å². The zero-order chi connectivity index (χ0) is 25.9. The molecule has 0 amide bonds. The average molecular weight is 482 g/mol. The summed E-state index contributed by atoms with van der Waals surface area (Å²) in [5.74, 6) is 0. The van der Waals surface area contributed by atoms with Crippen LogP contribution in [0.2, 0.25) is 19.6 Å². The van der Waals surface area contributed by atoms with Crippen LogP contribution in [0.25, 0.3) is 42.6 Å². The Bertz CT molecular complexity index is 1570. The summed E-state index contributed by atoms with van der Waals surface area (Å²) in [5, 5.41) is 3.95. The lowest BCUT2D eigenvalue weighted by atomic mass is 9.88. The highest BCUT2D eigenvalue weighted by atomic mass is 32.1. The van der Waals surface area contributed by atoms with Gasteiger partial charge in [0.1, 0.15) is 0 Å². The smallest absolute Gasteiger partial charge is 0.0775 e. The van der Waals surface area contributed by atoms with Gasteiger partial charge in [-0.25, -0.2) is 0 Å². The van der Waals surface area contributed by atoms with Gasteiger partial charge in [0.2, 0.25) is 0 Å². The lowest BCUT2D eigenvalue weighted by molar-refractivity contribution is 0.411. The Balaban J connectivity index is 1.60. The standard InChI is InChI=1S/C31H33NSSi/c1-31(2,3)20-21-16-17-32-28(18-21)27-9-7-8-26-25-15-12-23(19-29(25)33-30(26)27)22-10-13-24(14-11-22)34(4,5)6/h7-19H,20H2,1-6H3/i20D2. The summed E-state index contributed by atoms with van der Waals surface area (Å²) in [5.41, 5.74) is 4.51. The third kappa shape index (κ3) is 4.60. The Morgan fingerprint density at radius 3 is 2.29 bits per heavy atom. The molecular weight excluding hydrogens is 447 g/mol. The minimum Gasteiger partial charge on any atom is -0.256 e. The molecule has 0 bridgehead atoms. The van der Waals surface area contributed by atoms with Crippen LogP contribution >= 0.6 is 11.3 Å². The third-order valence-electron chi connectivity index (χ3n) is 6.14. The van der Waals surface area contributed by atoms with E-state index in [0.717, 1.165) is 11.3 Å². The fourth-order valence-electron chi connectivity index (χ4n) is 4.43. The fraction of sp³-hybridized carbons (Fsp3) is 0.258. The van der Waals surface area contributed by atoms with Crippen molar-refractivity contribution in [1.82, 2.24) is 4.98 Å². The molecular formula is C31H33NSSi. The molecule has 0 aliphatic carbocycles. The van der Waals surface area contributed by atoms with Gasteiger partial charge >= 0.3 is 0 Å². The number of thiophene rings is 1. The Hall–Kier alpha value is -2.75. The van der Waals surface area contributed by atoms with Crippen LogP contribution in [-0.2, 0) is 6.37 Å². The summed E-state index contributed by atoms with van der Waals surface area (Å²) in [4.78, 5) is 4.66. The number of fused-ring (bicyclic) bond motifs is 3. The van der Waals surface area contributed by atoms with Gasteiger partial charge in [-0.1, -0.05) is 100 Å². The average Bonchev–Trinajstić information content (AvgIpc) is 3.21. The maximum absolute atomic E-state index is 8.72. The van der Waals surface area contributed by atoms with E-state index >= 15 is 0 Å². The Labute approximate surface area is 211 Å². The van der Waals surface area contributed by atoms with Gasteiger partial charge in [0.15, 0.2) is 0 Å². The van der Waals surface area contributed by atoms with Gasteiger partial charge in [0, 0.05) is 34.7 Å². The Morgan fingerprint density at radius 1 is 0.853 bits per heavy atom.